The number of nitrogens with zero attached hydrogens (tertiary/aromatic N) is 6. The van der Waals surface area contributed by atoms with Crippen molar-refractivity contribution in [3.05, 3.63) is 47.9 Å². The fourth-order valence-electron chi connectivity index (χ4n) is 4.81. The first-order valence-electron chi connectivity index (χ1n) is 11.0. The lowest BCUT2D eigenvalue weighted by molar-refractivity contribution is 0.118. The van der Waals surface area contributed by atoms with E-state index in [9.17, 15) is 17.6 Å². The molecule has 0 amide bonds. The summed E-state index contributed by atoms with van der Waals surface area (Å²) >= 11 is 0. The van der Waals surface area contributed by atoms with E-state index in [0.29, 0.717) is 6.07 Å². The van der Waals surface area contributed by atoms with Crippen molar-refractivity contribution in [3.63, 3.8) is 0 Å². The molecule has 1 N–H and O–H groups in total. The van der Waals surface area contributed by atoms with Crippen molar-refractivity contribution in [3.8, 4) is 11.8 Å². The number of aromatic nitrogens is 5. The number of rotatable bonds is 7. The molecule has 1 saturated carbocycles. The number of hydrogen-bond acceptors (Lipinski definition) is 7. The molecule has 1 aliphatic heterocycles. The maximum Gasteiger partial charge on any atom is 0.322 e. The molecule has 0 radical (unpaired) electrons. The highest BCUT2D eigenvalue weighted by atomic mass is 19.3. The molecule has 180 valence electrons. The minimum atomic E-state index is -2.71. The summed E-state index contributed by atoms with van der Waals surface area (Å²) in [4.78, 5) is 15.0. The lowest BCUT2D eigenvalue weighted by Crippen LogP contribution is -2.48. The summed E-state index contributed by atoms with van der Waals surface area (Å²) in [5.74, 6) is -0.289. The fourth-order valence-corrected chi connectivity index (χ4v) is 4.81. The number of anilines is 2. The Bertz CT molecular complexity index is 1140. The highest BCUT2D eigenvalue weighted by Gasteiger charge is 2.43. The quantitative estimate of drug-likeness (QED) is 0.515. The van der Waals surface area contributed by atoms with Gasteiger partial charge in [-0.3, -0.25) is 0 Å². The summed E-state index contributed by atoms with van der Waals surface area (Å²) in [6.45, 7) is 2.73. The molecular weight excluding hydrogens is 454 g/mol. The molecule has 0 spiro atoms. The van der Waals surface area contributed by atoms with Gasteiger partial charge in [-0.1, -0.05) is 0 Å². The van der Waals surface area contributed by atoms with Crippen molar-refractivity contribution >= 4 is 11.8 Å². The first-order chi connectivity index (χ1) is 16.3. The van der Waals surface area contributed by atoms with E-state index < -0.39 is 24.6 Å². The summed E-state index contributed by atoms with van der Waals surface area (Å²) in [5, 5.41) is 7.43. The molecule has 2 fully saturated rings. The molecule has 34 heavy (non-hydrogen) atoms. The average molecular weight is 477 g/mol. The first kappa shape index (κ1) is 22.4. The van der Waals surface area contributed by atoms with Crippen LogP contribution in [-0.2, 0) is 6.54 Å². The SMILES string of the molecule is Cc1cc(N2C[C@H]3CC[C@@H](C2)C3Nc2nc(Oc3cc(F)cc(F)c3)n(CC(F)F)n2)ncn1. The maximum atomic E-state index is 13.5. The molecule has 1 saturated heterocycles. The van der Waals surface area contributed by atoms with Crippen molar-refractivity contribution in [1.82, 2.24) is 24.7 Å². The third kappa shape index (κ3) is 4.75. The summed E-state index contributed by atoms with van der Waals surface area (Å²) in [5.41, 5.74) is 0.900. The molecule has 8 nitrogen and oxygen atoms in total. The Kier molecular flexibility index (Phi) is 5.96. The van der Waals surface area contributed by atoms with Gasteiger partial charge in [-0.2, -0.15) is 4.98 Å². The van der Waals surface area contributed by atoms with Crippen LogP contribution in [0.2, 0.25) is 0 Å². The topological polar surface area (TPSA) is 81.0 Å². The third-order valence-corrected chi connectivity index (χ3v) is 6.24. The van der Waals surface area contributed by atoms with E-state index >= 15 is 0 Å². The molecule has 2 aromatic heterocycles. The van der Waals surface area contributed by atoms with E-state index in [2.05, 4.69) is 30.3 Å². The van der Waals surface area contributed by atoms with Gasteiger partial charge in [0.25, 0.3) is 6.43 Å². The van der Waals surface area contributed by atoms with E-state index in [-0.39, 0.29) is 35.6 Å². The Morgan fingerprint density at radius 3 is 2.41 bits per heavy atom. The molecule has 1 aliphatic carbocycles. The number of ether oxygens (including phenoxy) is 1. The maximum absolute atomic E-state index is 13.5. The molecule has 1 aromatic carbocycles. The Hall–Kier alpha value is -3.44. The lowest BCUT2D eigenvalue weighted by atomic mass is 9.92. The number of benzene rings is 1. The predicted octanol–water partition coefficient (Wildman–Crippen LogP) is 4.04. The molecule has 3 aromatic rings. The average Bonchev–Trinajstić information content (AvgIpc) is 3.21. The van der Waals surface area contributed by atoms with Crippen LogP contribution in [-0.4, -0.2) is 50.3 Å². The molecule has 1 unspecified atom stereocenters. The van der Waals surface area contributed by atoms with Gasteiger partial charge in [0.05, 0.1) is 0 Å². The van der Waals surface area contributed by atoms with Gasteiger partial charge in [0.2, 0.25) is 5.95 Å². The van der Waals surface area contributed by atoms with Gasteiger partial charge in [-0.15, -0.1) is 5.10 Å². The van der Waals surface area contributed by atoms with Crippen molar-refractivity contribution in [2.75, 3.05) is 23.3 Å². The number of nitrogens with one attached hydrogen (secondary N) is 1. The van der Waals surface area contributed by atoms with Crippen LogP contribution in [0.4, 0.5) is 29.3 Å². The van der Waals surface area contributed by atoms with Crippen LogP contribution >= 0.6 is 0 Å². The van der Waals surface area contributed by atoms with Gasteiger partial charge in [0.1, 0.15) is 36.1 Å². The van der Waals surface area contributed by atoms with Crippen molar-refractivity contribution in [2.24, 2.45) is 11.8 Å². The summed E-state index contributed by atoms with van der Waals surface area (Å²) in [6, 6.07) is 4.33. The second-order valence-corrected chi connectivity index (χ2v) is 8.69. The van der Waals surface area contributed by atoms with E-state index in [4.69, 9.17) is 4.74 Å². The minimum absolute atomic E-state index is 0.0565. The van der Waals surface area contributed by atoms with Gasteiger partial charge in [0.15, 0.2) is 0 Å². The highest BCUT2D eigenvalue weighted by Crippen LogP contribution is 2.40. The number of aryl methyl sites for hydroxylation is 1. The number of piperidine rings is 1. The lowest BCUT2D eigenvalue weighted by Gasteiger charge is -2.38. The molecular formula is C22H23F4N7O. The standard InChI is InChI=1S/C22H23F4N7O/c1-12-4-19(28-11-27-12)32-8-13-2-3-14(9-32)20(13)29-21-30-22(33(31-21)10-18(25)26)34-17-6-15(23)5-16(24)7-17/h4-7,11,13-14,18,20H,2-3,8-10H2,1H3,(H,29,31)/t13-,14+,20?. The smallest absolute Gasteiger partial charge is 0.322 e. The number of alkyl halides is 2. The van der Waals surface area contributed by atoms with E-state index in [1.807, 2.05) is 13.0 Å². The largest absolute Gasteiger partial charge is 0.424 e. The summed E-state index contributed by atoms with van der Waals surface area (Å²) in [7, 11) is 0. The van der Waals surface area contributed by atoms with Crippen LogP contribution in [0.25, 0.3) is 0 Å². The van der Waals surface area contributed by atoms with Gasteiger partial charge in [-0.05, 0) is 31.6 Å². The van der Waals surface area contributed by atoms with E-state index in [1.165, 1.54) is 0 Å². The summed E-state index contributed by atoms with van der Waals surface area (Å²) < 4.78 is 59.5. The second kappa shape index (κ2) is 9.07. The van der Waals surface area contributed by atoms with Crippen molar-refractivity contribution < 1.29 is 22.3 Å². The molecule has 5 rings (SSSR count). The predicted molar refractivity (Wildman–Crippen MR) is 115 cm³/mol. The minimum Gasteiger partial charge on any atom is -0.424 e. The van der Waals surface area contributed by atoms with Gasteiger partial charge >= 0.3 is 6.01 Å². The van der Waals surface area contributed by atoms with Crippen LogP contribution in [0.5, 0.6) is 11.8 Å². The molecule has 12 heteroatoms. The van der Waals surface area contributed by atoms with Crippen molar-refractivity contribution in [2.45, 2.75) is 38.8 Å². The van der Waals surface area contributed by atoms with Crippen LogP contribution in [0.15, 0.2) is 30.6 Å². The third-order valence-electron chi connectivity index (χ3n) is 6.24. The zero-order chi connectivity index (χ0) is 23.8. The Balaban J connectivity index is 1.33. The van der Waals surface area contributed by atoms with Crippen LogP contribution in [0.3, 0.4) is 0 Å². The van der Waals surface area contributed by atoms with E-state index in [1.54, 1.807) is 6.33 Å². The zero-order valence-corrected chi connectivity index (χ0v) is 18.3. The second-order valence-electron chi connectivity index (χ2n) is 8.69. The zero-order valence-electron chi connectivity index (χ0n) is 18.3. The van der Waals surface area contributed by atoms with Gasteiger partial charge in [0, 0.05) is 49.1 Å². The van der Waals surface area contributed by atoms with Crippen molar-refractivity contribution in [1.29, 1.82) is 0 Å². The van der Waals surface area contributed by atoms with Crippen LogP contribution < -0.4 is 15.0 Å². The Labute approximate surface area is 193 Å². The Morgan fingerprint density at radius 2 is 1.76 bits per heavy atom. The summed E-state index contributed by atoms with van der Waals surface area (Å²) in [6.07, 6.45) is 0.860. The van der Waals surface area contributed by atoms with Gasteiger partial charge < -0.3 is 15.0 Å². The number of fused-ring (bicyclic) bond motifs is 2. The van der Waals surface area contributed by atoms with Gasteiger partial charge in [-0.25, -0.2) is 32.2 Å². The number of halogens is 4. The monoisotopic (exact) mass is 477 g/mol. The number of hydrogen-bond donors (Lipinski definition) is 1. The molecule has 2 aliphatic rings. The first-order valence-corrected chi connectivity index (χ1v) is 11.0. The van der Waals surface area contributed by atoms with E-state index in [0.717, 1.165) is 54.3 Å². The van der Waals surface area contributed by atoms with Crippen LogP contribution in [0, 0.1) is 30.4 Å². The van der Waals surface area contributed by atoms with Crippen LogP contribution in [0.1, 0.15) is 18.5 Å². The normalized spacial score (nSPS) is 21.8. The molecule has 3 atom stereocenters. The highest BCUT2D eigenvalue weighted by molar-refractivity contribution is 5.42. The Morgan fingerprint density at radius 1 is 1.06 bits per heavy atom. The fraction of sp³-hybridized carbons (Fsp3) is 0.455. The molecule has 2 bridgehead atoms. The molecule has 3 heterocycles.